The van der Waals surface area contributed by atoms with Gasteiger partial charge in [-0.25, -0.2) is 0 Å². The van der Waals surface area contributed by atoms with Gasteiger partial charge in [0.2, 0.25) is 0 Å². The third kappa shape index (κ3) is 0.418. The fraction of sp³-hybridized carbons (Fsp3) is 1.00. The molecule has 1 heterocycles. The van der Waals surface area contributed by atoms with Crippen LogP contribution in [0.3, 0.4) is 0 Å². The highest BCUT2D eigenvalue weighted by molar-refractivity contribution is 5.03. The first-order chi connectivity index (χ1) is 3.31. The Bertz CT molecular complexity index is 86.4. The van der Waals surface area contributed by atoms with Crippen LogP contribution in [-0.2, 0) is 0 Å². The number of hydrogen-bond acceptors (Lipinski definition) is 1. The quantitative estimate of drug-likeness (QED) is 0.430. The summed E-state index contributed by atoms with van der Waals surface area (Å²) in [6.45, 7) is 2.76. The molecule has 0 N–H and O–H groups in total. The van der Waals surface area contributed by atoms with Crippen LogP contribution in [0.1, 0.15) is 12.8 Å². The molecule has 0 radical (unpaired) electrons. The predicted octanol–water partition coefficient (Wildman–Crippen LogP) is 0.712. The van der Waals surface area contributed by atoms with E-state index in [4.69, 9.17) is 0 Å². The van der Waals surface area contributed by atoms with Gasteiger partial charge in [0.1, 0.15) is 0 Å². The fourth-order valence-electron chi connectivity index (χ4n) is 1.59. The van der Waals surface area contributed by atoms with Gasteiger partial charge in [-0.3, -0.25) is 0 Å². The molecule has 2 fully saturated rings. The second kappa shape index (κ2) is 0.873. The van der Waals surface area contributed by atoms with Gasteiger partial charge in [0.05, 0.1) is 0 Å². The molecule has 0 bridgehead atoms. The smallest absolute Gasteiger partial charge is 0.00474 e. The Hall–Kier alpha value is -0.0400. The van der Waals surface area contributed by atoms with Crippen molar-refractivity contribution in [2.24, 2.45) is 5.41 Å². The van der Waals surface area contributed by atoms with Crippen molar-refractivity contribution >= 4 is 0 Å². The highest BCUT2D eigenvalue weighted by Crippen LogP contribution is 2.51. The second-order valence-corrected chi connectivity index (χ2v) is 3.17. The molecule has 0 amide bonds. The van der Waals surface area contributed by atoms with E-state index in [-0.39, 0.29) is 0 Å². The summed E-state index contributed by atoms with van der Waals surface area (Å²) in [4.78, 5) is 2.40. The summed E-state index contributed by atoms with van der Waals surface area (Å²) >= 11 is 0. The van der Waals surface area contributed by atoms with Crippen molar-refractivity contribution < 1.29 is 0 Å². The zero-order valence-electron chi connectivity index (χ0n) is 4.78. The third-order valence-electron chi connectivity index (χ3n) is 2.17. The minimum Gasteiger partial charge on any atom is -0.305 e. The normalized spacial score (nSPS) is 35.6. The lowest BCUT2D eigenvalue weighted by Gasteiger charge is -2.36. The van der Waals surface area contributed by atoms with Gasteiger partial charge in [-0.15, -0.1) is 0 Å². The molecule has 1 nitrogen and oxygen atoms in total. The minimum absolute atomic E-state index is 0.870. The highest BCUT2D eigenvalue weighted by atomic mass is 15.2. The first-order valence-electron chi connectivity index (χ1n) is 2.99. The van der Waals surface area contributed by atoms with Crippen LogP contribution in [0.2, 0.25) is 0 Å². The number of nitrogens with zero attached hydrogens (tertiary/aromatic N) is 1. The van der Waals surface area contributed by atoms with E-state index in [2.05, 4.69) is 11.9 Å². The average molecular weight is 97.2 g/mol. The summed E-state index contributed by atoms with van der Waals surface area (Å²) in [5.41, 5.74) is 0.870. The summed E-state index contributed by atoms with van der Waals surface area (Å²) in [7, 11) is 2.20. The highest BCUT2D eigenvalue weighted by Gasteiger charge is 2.50. The first-order valence-corrected chi connectivity index (χ1v) is 2.99. The second-order valence-electron chi connectivity index (χ2n) is 3.17. The van der Waals surface area contributed by atoms with Crippen LogP contribution >= 0.6 is 0 Å². The van der Waals surface area contributed by atoms with Crippen molar-refractivity contribution in [2.75, 3.05) is 20.1 Å². The molecular formula is C6H11N. The standard InChI is InChI=1S/C6H11N/c1-7-4-6(5-7)2-3-6/h2-5H2,1H3. The number of hydrogen-bond donors (Lipinski definition) is 0. The molecule has 1 saturated heterocycles. The van der Waals surface area contributed by atoms with E-state index < -0.39 is 0 Å². The van der Waals surface area contributed by atoms with Crippen LogP contribution < -0.4 is 0 Å². The molecule has 40 valence electrons. The molecule has 0 aromatic heterocycles. The third-order valence-corrected chi connectivity index (χ3v) is 2.17. The largest absolute Gasteiger partial charge is 0.305 e. The molecule has 0 aromatic rings. The summed E-state index contributed by atoms with van der Waals surface area (Å²) < 4.78 is 0. The lowest BCUT2D eigenvalue weighted by Crippen LogP contribution is -2.45. The molecule has 7 heavy (non-hydrogen) atoms. The van der Waals surface area contributed by atoms with Gasteiger partial charge in [0.25, 0.3) is 0 Å². The molecule has 1 heteroatoms. The fourth-order valence-corrected chi connectivity index (χ4v) is 1.59. The summed E-state index contributed by atoms with van der Waals surface area (Å²) in [5, 5.41) is 0. The van der Waals surface area contributed by atoms with Crippen molar-refractivity contribution in [2.45, 2.75) is 12.8 Å². The predicted molar refractivity (Wildman–Crippen MR) is 29.2 cm³/mol. The van der Waals surface area contributed by atoms with Crippen LogP contribution in [0.15, 0.2) is 0 Å². The van der Waals surface area contributed by atoms with E-state index in [9.17, 15) is 0 Å². The monoisotopic (exact) mass is 97.1 g/mol. The molecule has 0 atom stereocenters. The van der Waals surface area contributed by atoms with Crippen LogP contribution in [0, 0.1) is 5.41 Å². The van der Waals surface area contributed by atoms with E-state index in [0.29, 0.717) is 0 Å². The summed E-state index contributed by atoms with van der Waals surface area (Å²) in [6.07, 6.45) is 3.02. The maximum atomic E-state index is 2.40. The lowest BCUT2D eigenvalue weighted by atomic mass is 9.98. The Balaban J connectivity index is 1.97. The van der Waals surface area contributed by atoms with Gasteiger partial charge in [-0.1, -0.05) is 0 Å². The van der Waals surface area contributed by atoms with Gasteiger partial charge in [0, 0.05) is 13.1 Å². The van der Waals surface area contributed by atoms with E-state index in [1.54, 1.807) is 0 Å². The Morgan fingerprint density at radius 3 is 2.00 bits per heavy atom. The topological polar surface area (TPSA) is 3.24 Å². The van der Waals surface area contributed by atoms with Crippen molar-refractivity contribution in [3.8, 4) is 0 Å². The SMILES string of the molecule is CN1CC2(CC2)C1. The van der Waals surface area contributed by atoms with Crippen molar-refractivity contribution in [1.82, 2.24) is 4.90 Å². The van der Waals surface area contributed by atoms with Crippen LogP contribution in [-0.4, -0.2) is 25.0 Å². The number of likely N-dealkylation sites (tertiary alicyclic amines) is 1. The molecule has 1 aliphatic heterocycles. The molecular weight excluding hydrogens is 86.1 g/mol. The minimum atomic E-state index is 0.870. The van der Waals surface area contributed by atoms with Gasteiger partial charge in [0.15, 0.2) is 0 Å². The van der Waals surface area contributed by atoms with E-state index >= 15 is 0 Å². The van der Waals surface area contributed by atoms with Crippen molar-refractivity contribution in [3.05, 3.63) is 0 Å². The molecule has 1 aliphatic carbocycles. The van der Waals surface area contributed by atoms with Gasteiger partial charge in [-0.2, -0.15) is 0 Å². The molecule has 2 rings (SSSR count). The Morgan fingerprint density at radius 1 is 1.29 bits per heavy atom. The Morgan fingerprint density at radius 2 is 1.86 bits per heavy atom. The molecule has 1 spiro atoms. The summed E-state index contributed by atoms with van der Waals surface area (Å²) in [5.74, 6) is 0. The zero-order valence-corrected chi connectivity index (χ0v) is 4.78. The maximum Gasteiger partial charge on any atom is 0.00474 e. The summed E-state index contributed by atoms with van der Waals surface area (Å²) in [6, 6.07) is 0. The number of rotatable bonds is 0. The van der Waals surface area contributed by atoms with Crippen LogP contribution in [0.25, 0.3) is 0 Å². The molecule has 1 saturated carbocycles. The van der Waals surface area contributed by atoms with E-state index in [1.807, 2.05) is 0 Å². The van der Waals surface area contributed by atoms with Crippen molar-refractivity contribution in [3.63, 3.8) is 0 Å². The maximum absolute atomic E-state index is 2.40. The molecule has 0 aromatic carbocycles. The first kappa shape index (κ1) is 3.90. The van der Waals surface area contributed by atoms with E-state index in [0.717, 1.165) is 5.41 Å². The zero-order chi connectivity index (χ0) is 4.91. The van der Waals surface area contributed by atoms with Crippen LogP contribution in [0.5, 0.6) is 0 Å². The van der Waals surface area contributed by atoms with E-state index in [1.165, 1.54) is 25.9 Å². The Labute approximate surface area is 44.3 Å². The lowest BCUT2D eigenvalue weighted by molar-refractivity contribution is 0.114. The van der Waals surface area contributed by atoms with Gasteiger partial charge in [-0.05, 0) is 25.3 Å². The van der Waals surface area contributed by atoms with Gasteiger partial charge >= 0.3 is 0 Å². The van der Waals surface area contributed by atoms with Crippen LogP contribution in [0.4, 0.5) is 0 Å². The van der Waals surface area contributed by atoms with Crippen molar-refractivity contribution in [1.29, 1.82) is 0 Å². The average Bonchev–Trinajstić information content (AvgIpc) is 2.14. The molecule has 2 aliphatic rings. The molecule has 0 unspecified atom stereocenters. The van der Waals surface area contributed by atoms with Gasteiger partial charge < -0.3 is 4.90 Å². The Kier molecular flexibility index (Phi) is 0.487.